The highest BCUT2D eigenvalue weighted by Crippen LogP contribution is 2.15. The average Bonchev–Trinajstić information content (AvgIpc) is 2.84. The molecule has 15 heavy (non-hydrogen) atoms. The Kier molecular flexibility index (Phi) is 3.45. The molecule has 0 radical (unpaired) electrons. The summed E-state index contributed by atoms with van der Waals surface area (Å²) in [6, 6.07) is 0.298. The average molecular weight is 239 g/mol. The van der Waals surface area contributed by atoms with Crippen LogP contribution >= 0.6 is 22.7 Å². The fourth-order valence-electron chi connectivity index (χ4n) is 1.28. The predicted octanol–water partition coefficient (Wildman–Crippen LogP) is 2.76. The minimum Gasteiger partial charge on any atom is -0.302 e. The Hall–Kier alpha value is -0.780. The lowest BCUT2D eigenvalue weighted by Gasteiger charge is -2.09. The molecule has 2 rings (SSSR count). The molecular formula is C10H13N3S2. The maximum absolute atomic E-state index is 4.40. The summed E-state index contributed by atoms with van der Waals surface area (Å²) in [6.07, 6.45) is 1.84. The van der Waals surface area contributed by atoms with Crippen LogP contribution in [0.4, 0.5) is 0 Å². The summed E-state index contributed by atoms with van der Waals surface area (Å²) in [5.41, 5.74) is 1.11. The van der Waals surface area contributed by atoms with Crippen LogP contribution < -0.4 is 5.32 Å². The highest BCUT2D eigenvalue weighted by atomic mass is 32.1. The van der Waals surface area contributed by atoms with Gasteiger partial charge in [0, 0.05) is 23.5 Å². The molecule has 1 N–H and O–H groups in total. The van der Waals surface area contributed by atoms with Gasteiger partial charge < -0.3 is 5.32 Å². The fourth-order valence-corrected chi connectivity index (χ4v) is 2.57. The number of aromatic nitrogens is 2. The molecule has 0 aliphatic rings. The Balaban J connectivity index is 1.88. The van der Waals surface area contributed by atoms with Gasteiger partial charge in [0.15, 0.2) is 0 Å². The van der Waals surface area contributed by atoms with Crippen LogP contribution in [0.5, 0.6) is 0 Å². The monoisotopic (exact) mass is 239 g/mol. The highest BCUT2D eigenvalue weighted by Gasteiger charge is 2.07. The summed E-state index contributed by atoms with van der Waals surface area (Å²) in [5, 5.41) is 9.75. The number of aryl methyl sites for hydroxylation is 1. The second-order valence-corrected chi connectivity index (χ2v) is 5.32. The molecule has 0 saturated carbocycles. The second-order valence-electron chi connectivity index (χ2n) is 3.33. The summed E-state index contributed by atoms with van der Waals surface area (Å²) in [4.78, 5) is 8.67. The molecule has 0 bridgehead atoms. The maximum atomic E-state index is 4.40. The van der Waals surface area contributed by atoms with Gasteiger partial charge in [0.2, 0.25) is 0 Å². The topological polar surface area (TPSA) is 37.8 Å². The second kappa shape index (κ2) is 4.83. The third kappa shape index (κ3) is 2.84. The number of hydrogen-bond acceptors (Lipinski definition) is 5. The molecule has 0 aliphatic carbocycles. The van der Waals surface area contributed by atoms with Crippen LogP contribution in [0.25, 0.3) is 0 Å². The predicted molar refractivity (Wildman–Crippen MR) is 64.2 cm³/mol. The lowest BCUT2D eigenvalue weighted by Crippen LogP contribution is -2.18. The molecule has 2 heterocycles. The molecule has 2 aromatic heterocycles. The zero-order valence-corrected chi connectivity index (χ0v) is 10.4. The van der Waals surface area contributed by atoms with Crippen LogP contribution in [-0.2, 0) is 6.54 Å². The first-order valence-corrected chi connectivity index (χ1v) is 6.55. The smallest absolute Gasteiger partial charge is 0.109 e. The van der Waals surface area contributed by atoms with Gasteiger partial charge in [-0.25, -0.2) is 9.97 Å². The van der Waals surface area contributed by atoms with Crippen molar-refractivity contribution >= 4 is 22.7 Å². The van der Waals surface area contributed by atoms with E-state index in [1.807, 2.05) is 18.5 Å². The van der Waals surface area contributed by atoms with E-state index in [1.165, 1.54) is 0 Å². The van der Waals surface area contributed by atoms with E-state index in [4.69, 9.17) is 0 Å². The minimum atomic E-state index is 0.298. The summed E-state index contributed by atoms with van der Waals surface area (Å²) < 4.78 is 0. The molecule has 0 saturated heterocycles. The van der Waals surface area contributed by atoms with Crippen molar-refractivity contribution in [3.63, 3.8) is 0 Å². The van der Waals surface area contributed by atoms with Gasteiger partial charge in [-0.15, -0.1) is 22.7 Å². The summed E-state index contributed by atoms with van der Waals surface area (Å²) >= 11 is 3.37. The van der Waals surface area contributed by atoms with Gasteiger partial charge in [-0.05, 0) is 13.8 Å². The van der Waals surface area contributed by atoms with Crippen molar-refractivity contribution in [1.29, 1.82) is 0 Å². The fraction of sp³-hybridized carbons (Fsp3) is 0.400. The summed E-state index contributed by atoms with van der Waals surface area (Å²) in [5.74, 6) is 0. The van der Waals surface area contributed by atoms with Crippen molar-refractivity contribution in [2.75, 3.05) is 0 Å². The lowest BCUT2D eigenvalue weighted by atomic mass is 10.3. The lowest BCUT2D eigenvalue weighted by molar-refractivity contribution is 0.566. The quantitative estimate of drug-likeness (QED) is 0.891. The van der Waals surface area contributed by atoms with Gasteiger partial charge in [0.25, 0.3) is 0 Å². The van der Waals surface area contributed by atoms with Gasteiger partial charge in [0.05, 0.1) is 16.7 Å². The molecule has 0 spiro atoms. The van der Waals surface area contributed by atoms with E-state index < -0.39 is 0 Å². The van der Waals surface area contributed by atoms with Crippen LogP contribution in [0.2, 0.25) is 0 Å². The Morgan fingerprint density at radius 2 is 2.33 bits per heavy atom. The Morgan fingerprint density at radius 3 is 2.93 bits per heavy atom. The standard InChI is InChI=1S/C10H13N3S2/c1-7(10-11-3-4-14-10)12-5-9-6-15-8(2)13-9/h3-4,6-7,12H,5H2,1-2H3. The molecule has 0 aliphatic heterocycles. The van der Waals surface area contributed by atoms with Crippen molar-refractivity contribution in [2.45, 2.75) is 26.4 Å². The third-order valence-electron chi connectivity index (χ3n) is 2.08. The normalized spacial score (nSPS) is 12.9. The van der Waals surface area contributed by atoms with Crippen LogP contribution in [0.15, 0.2) is 17.0 Å². The van der Waals surface area contributed by atoms with Gasteiger partial charge in [-0.2, -0.15) is 0 Å². The molecule has 0 aromatic carbocycles. The van der Waals surface area contributed by atoms with Gasteiger partial charge >= 0.3 is 0 Å². The van der Waals surface area contributed by atoms with Crippen LogP contribution in [0, 0.1) is 6.92 Å². The van der Waals surface area contributed by atoms with Crippen molar-refractivity contribution in [1.82, 2.24) is 15.3 Å². The summed E-state index contributed by atoms with van der Waals surface area (Å²) in [7, 11) is 0. The van der Waals surface area contributed by atoms with Crippen molar-refractivity contribution < 1.29 is 0 Å². The van der Waals surface area contributed by atoms with E-state index in [1.54, 1.807) is 22.7 Å². The van der Waals surface area contributed by atoms with Crippen molar-refractivity contribution in [2.24, 2.45) is 0 Å². The zero-order chi connectivity index (χ0) is 10.7. The molecule has 80 valence electrons. The third-order valence-corrected chi connectivity index (χ3v) is 3.86. The van der Waals surface area contributed by atoms with Gasteiger partial charge in [-0.1, -0.05) is 0 Å². The van der Waals surface area contributed by atoms with E-state index in [0.29, 0.717) is 6.04 Å². The maximum Gasteiger partial charge on any atom is 0.109 e. The van der Waals surface area contributed by atoms with Crippen LogP contribution in [0.3, 0.4) is 0 Å². The number of nitrogens with one attached hydrogen (secondary N) is 1. The molecule has 0 fully saturated rings. The van der Waals surface area contributed by atoms with E-state index in [9.17, 15) is 0 Å². The van der Waals surface area contributed by atoms with Crippen LogP contribution in [-0.4, -0.2) is 9.97 Å². The molecule has 1 atom stereocenters. The van der Waals surface area contributed by atoms with Gasteiger partial charge in [-0.3, -0.25) is 0 Å². The molecular weight excluding hydrogens is 226 g/mol. The Morgan fingerprint density at radius 1 is 1.47 bits per heavy atom. The van der Waals surface area contributed by atoms with E-state index >= 15 is 0 Å². The number of nitrogens with zero attached hydrogens (tertiary/aromatic N) is 2. The molecule has 0 amide bonds. The Labute approximate surface area is 97.2 Å². The van der Waals surface area contributed by atoms with E-state index in [0.717, 1.165) is 22.3 Å². The SMILES string of the molecule is Cc1nc(CNC(C)c2nccs2)cs1. The number of rotatable bonds is 4. The van der Waals surface area contributed by atoms with E-state index in [2.05, 4.69) is 27.6 Å². The minimum absolute atomic E-state index is 0.298. The number of thiazole rings is 2. The highest BCUT2D eigenvalue weighted by molar-refractivity contribution is 7.09. The molecule has 1 unspecified atom stereocenters. The van der Waals surface area contributed by atoms with Crippen molar-refractivity contribution in [3.05, 3.63) is 32.7 Å². The van der Waals surface area contributed by atoms with Crippen LogP contribution in [0.1, 0.15) is 28.7 Å². The summed E-state index contributed by atoms with van der Waals surface area (Å²) in [6.45, 7) is 4.96. The molecule has 5 heteroatoms. The molecule has 2 aromatic rings. The first kappa shape index (κ1) is 10.7. The van der Waals surface area contributed by atoms with Crippen molar-refractivity contribution in [3.8, 4) is 0 Å². The van der Waals surface area contributed by atoms with Gasteiger partial charge in [0.1, 0.15) is 5.01 Å². The molecule has 3 nitrogen and oxygen atoms in total. The van der Waals surface area contributed by atoms with E-state index in [-0.39, 0.29) is 0 Å². The first-order chi connectivity index (χ1) is 7.25. The number of hydrogen-bond donors (Lipinski definition) is 1. The largest absolute Gasteiger partial charge is 0.302 e. The Bertz CT molecular complexity index is 408. The zero-order valence-electron chi connectivity index (χ0n) is 8.73. The first-order valence-electron chi connectivity index (χ1n) is 4.79.